The number of carbonyl (C=O) groups is 1. The minimum absolute atomic E-state index is 0.199. The largest absolute Gasteiger partial charge is 0.332 e. The van der Waals surface area contributed by atoms with Gasteiger partial charge in [-0.25, -0.2) is 0 Å². The van der Waals surface area contributed by atoms with Crippen LogP contribution in [0, 0.1) is 13.8 Å². The van der Waals surface area contributed by atoms with Gasteiger partial charge < -0.3 is 5.32 Å². The Labute approximate surface area is 149 Å². The van der Waals surface area contributed by atoms with Crippen LogP contribution in [-0.2, 0) is 0 Å². The van der Waals surface area contributed by atoms with E-state index in [-0.39, 0.29) is 5.91 Å². The Bertz CT molecular complexity index is 718. The van der Waals surface area contributed by atoms with E-state index >= 15 is 0 Å². The van der Waals surface area contributed by atoms with Crippen LogP contribution in [0.2, 0.25) is 0 Å². The van der Waals surface area contributed by atoms with Gasteiger partial charge in [-0.05, 0) is 68.2 Å². The van der Waals surface area contributed by atoms with Crippen molar-refractivity contribution in [2.24, 2.45) is 0 Å². The lowest BCUT2D eigenvalue weighted by Gasteiger charge is -2.12. The number of benzene rings is 2. The summed E-state index contributed by atoms with van der Waals surface area (Å²) in [7, 11) is 0. The Balaban J connectivity index is 1.98. The van der Waals surface area contributed by atoms with E-state index in [1.807, 2.05) is 44.2 Å². The van der Waals surface area contributed by atoms with Crippen molar-refractivity contribution in [3.8, 4) is 0 Å². The maximum atomic E-state index is 12.3. The van der Waals surface area contributed by atoms with E-state index in [0.29, 0.717) is 16.6 Å². The zero-order valence-corrected chi connectivity index (χ0v) is 15.5. The molecule has 4 heteroatoms. The molecule has 2 aromatic carbocycles. The first-order valence-corrected chi connectivity index (χ1v) is 8.60. The third kappa shape index (κ3) is 4.90. The lowest BCUT2D eigenvalue weighted by atomic mass is 9.99. The number of aryl methyl sites for hydroxylation is 2. The maximum Gasteiger partial charge on any atom is 0.257 e. The smallest absolute Gasteiger partial charge is 0.257 e. The number of nitrogens with one attached hydrogen (secondary N) is 2. The van der Waals surface area contributed by atoms with Gasteiger partial charge in [0.15, 0.2) is 5.11 Å². The standard InChI is InChI=1S/C20H24N2OS/c1-5-15(4)16-6-8-18(9-7-16)21-20(24)22-19(23)17-11-13(2)10-14(3)12-17/h6-12,15H,5H2,1-4H3,(H2,21,22,23,24)/t15-/m0/s1. The second-order valence-corrected chi connectivity index (χ2v) is 6.62. The summed E-state index contributed by atoms with van der Waals surface area (Å²) in [5.74, 6) is 0.339. The van der Waals surface area contributed by atoms with Gasteiger partial charge in [-0.1, -0.05) is 43.2 Å². The van der Waals surface area contributed by atoms with E-state index in [2.05, 4.69) is 36.6 Å². The van der Waals surface area contributed by atoms with Crippen molar-refractivity contribution in [3.63, 3.8) is 0 Å². The monoisotopic (exact) mass is 340 g/mol. The molecule has 3 nitrogen and oxygen atoms in total. The molecule has 0 aliphatic carbocycles. The van der Waals surface area contributed by atoms with Crippen LogP contribution in [-0.4, -0.2) is 11.0 Å². The number of hydrogen-bond acceptors (Lipinski definition) is 2. The Morgan fingerprint density at radius 1 is 1.08 bits per heavy atom. The predicted molar refractivity (Wildman–Crippen MR) is 105 cm³/mol. The Hall–Kier alpha value is -2.20. The molecule has 0 aromatic heterocycles. The summed E-state index contributed by atoms with van der Waals surface area (Å²) in [6.07, 6.45) is 1.11. The molecule has 1 amide bonds. The molecule has 126 valence electrons. The summed E-state index contributed by atoms with van der Waals surface area (Å²) in [6.45, 7) is 8.32. The molecular formula is C20H24N2OS. The van der Waals surface area contributed by atoms with E-state index in [4.69, 9.17) is 12.2 Å². The molecule has 24 heavy (non-hydrogen) atoms. The van der Waals surface area contributed by atoms with Gasteiger partial charge in [0.1, 0.15) is 0 Å². The van der Waals surface area contributed by atoms with Gasteiger partial charge in [0.25, 0.3) is 5.91 Å². The van der Waals surface area contributed by atoms with Gasteiger partial charge in [0.2, 0.25) is 0 Å². The molecule has 0 spiro atoms. The van der Waals surface area contributed by atoms with Gasteiger partial charge in [-0.2, -0.15) is 0 Å². The molecule has 2 N–H and O–H groups in total. The van der Waals surface area contributed by atoms with E-state index in [9.17, 15) is 4.79 Å². The van der Waals surface area contributed by atoms with Crippen LogP contribution in [0.5, 0.6) is 0 Å². The molecule has 0 fully saturated rings. The van der Waals surface area contributed by atoms with E-state index in [1.165, 1.54) is 5.56 Å². The molecule has 0 saturated heterocycles. The summed E-state index contributed by atoms with van der Waals surface area (Å²) in [6, 6.07) is 13.9. The normalized spacial score (nSPS) is 11.7. The topological polar surface area (TPSA) is 41.1 Å². The van der Waals surface area contributed by atoms with Crippen LogP contribution in [0.4, 0.5) is 5.69 Å². The number of carbonyl (C=O) groups excluding carboxylic acids is 1. The molecule has 2 rings (SSSR count). The summed E-state index contributed by atoms with van der Waals surface area (Å²) in [4.78, 5) is 12.3. The third-order valence-corrected chi connectivity index (χ3v) is 4.27. The minimum atomic E-state index is -0.199. The first kappa shape index (κ1) is 18.1. The molecule has 0 aliphatic rings. The van der Waals surface area contributed by atoms with Crippen molar-refractivity contribution < 1.29 is 4.79 Å². The highest BCUT2D eigenvalue weighted by atomic mass is 32.1. The van der Waals surface area contributed by atoms with Crippen LogP contribution in [0.3, 0.4) is 0 Å². The first-order chi connectivity index (χ1) is 11.4. The molecule has 2 aromatic rings. The van der Waals surface area contributed by atoms with Crippen molar-refractivity contribution in [2.45, 2.75) is 40.0 Å². The summed E-state index contributed by atoms with van der Waals surface area (Å²) >= 11 is 5.24. The van der Waals surface area contributed by atoms with Crippen LogP contribution >= 0.6 is 12.2 Å². The molecule has 0 heterocycles. The average Bonchev–Trinajstić information content (AvgIpc) is 2.53. The highest BCUT2D eigenvalue weighted by molar-refractivity contribution is 7.80. The predicted octanol–water partition coefficient (Wildman–Crippen LogP) is 4.94. The fraction of sp³-hybridized carbons (Fsp3) is 0.300. The van der Waals surface area contributed by atoms with Crippen molar-refractivity contribution in [1.29, 1.82) is 0 Å². The summed E-state index contributed by atoms with van der Waals surface area (Å²) in [5, 5.41) is 6.09. The Morgan fingerprint density at radius 2 is 1.67 bits per heavy atom. The molecule has 0 bridgehead atoms. The Morgan fingerprint density at radius 3 is 2.21 bits per heavy atom. The second kappa shape index (κ2) is 8.06. The van der Waals surface area contributed by atoms with Gasteiger partial charge in [-0.15, -0.1) is 0 Å². The molecular weight excluding hydrogens is 316 g/mol. The van der Waals surface area contributed by atoms with Crippen molar-refractivity contribution in [1.82, 2.24) is 5.32 Å². The quantitative estimate of drug-likeness (QED) is 0.774. The highest BCUT2D eigenvalue weighted by Gasteiger charge is 2.09. The SMILES string of the molecule is CC[C@H](C)c1ccc(NC(=S)NC(=O)c2cc(C)cc(C)c2)cc1. The summed E-state index contributed by atoms with van der Waals surface area (Å²) < 4.78 is 0. The zero-order valence-electron chi connectivity index (χ0n) is 14.6. The first-order valence-electron chi connectivity index (χ1n) is 8.19. The fourth-order valence-corrected chi connectivity index (χ4v) is 2.78. The van der Waals surface area contributed by atoms with Crippen molar-refractivity contribution in [2.75, 3.05) is 5.32 Å². The van der Waals surface area contributed by atoms with E-state index in [1.54, 1.807) is 0 Å². The lowest BCUT2D eigenvalue weighted by molar-refractivity contribution is 0.0977. The molecule has 0 unspecified atom stereocenters. The van der Waals surface area contributed by atoms with Gasteiger partial charge in [-0.3, -0.25) is 10.1 Å². The minimum Gasteiger partial charge on any atom is -0.332 e. The van der Waals surface area contributed by atoms with Crippen molar-refractivity contribution in [3.05, 3.63) is 64.7 Å². The lowest BCUT2D eigenvalue weighted by Crippen LogP contribution is -2.34. The van der Waals surface area contributed by atoms with Crippen LogP contribution in [0.15, 0.2) is 42.5 Å². The fourth-order valence-electron chi connectivity index (χ4n) is 2.57. The molecule has 0 aliphatic heterocycles. The summed E-state index contributed by atoms with van der Waals surface area (Å²) in [5.41, 5.74) is 4.89. The number of anilines is 1. The Kier molecular flexibility index (Phi) is 6.10. The number of thiocarbonyl (C=S) groups is 1. The number of amides is 1. The van der Waals surface area contributed by atoms with Gasteiger partial charge in [0.05, 0.1) is 0 Å². The van der Waals surface area contributed by atoms with Gasteiger partial charge in [0, 0.05) is 11.3 Å². The molecule has 0 saturated carbocycles. The van der Waals surface area contributed by atoms with Crippen molar-refractivity contribution >= 4 is 28.9 Å². The van der Waals surface area contributed by atoms with E-state index in [0.717, 1.165) is 23.2 Å². The van der Waals surface area contributed by atoms with Crippen LogP contribution in [0.25, 0.3) is 0 Å². The number of hydrogen-bond donors (Lipinski definition) is 2. The second-order valence-electron chi connectivity index (χ2n) is 6.22. The number of rotatable bonds is 4. The van der Waals surface area contributed by atoms with E-state index < -0.39 is 0 Å². The highest BCUT2D eigenvalue weighted by Crippen LogP contribution is 2.20. The van der Waals surface area contributed by atoms with Gasteiger partial charge >= 0.3 is 0 Å². The maximum absolute atomic E-state index is 12.3. The molecule has 1 atom stereocenters. The zero-order chi connectivity index (χ0) is 17.7. The van der Waals surface area contributed by atoms with Crippen LogP contribution < -0.4 is 10.6 Å². The average molecular weight is 340 g/mol. The third-order valence-electron chi connectivity index (χ3n) is 4.06. The van der Waals surface area contributed by atoms with Crippen LogP contribution in [0.1, 0.15) is 53.2 Å². The molecule has 0 radical (unpaired) electrons.